The number of aryl methyl sites for hydroxylation is 2. The first-order chi connectivity index (χ1) is 9.97. The SMILES string of the molecule is Cc1cc(Cl)n2nc(C)c(-c3ccc(N(C)C)nc3)c2n1. The zero-order valence-electron chi connectivity index (χ0n) is 12.4. The summed E-state index contributed by atoms with van der Waals surface area (Å²) in [6, 6.07) is 5.82. The Morgan fingerprint density at radius 2 is 1.95 bits per heavy atom. The molecule has 5 nitrogen and oxygen atoms in total. The fourth-order valence-corrected chi connectivity index (χ4v) is 2.61. The maximum Gasteiger partial charge on any atom is 0.165 e. The number of fused-ring (bicyclic) bond motifs is 1. The lowest BCUT2D eigenvalue weighted by atomic mass is 10.1. The third-order valence-corrected chi connectivity index (χ3v) is 3.61. The molecule has 3 aromatic rings. The normalized spacial score (nSPS) is 11.1. The van der Waals surface area contributed by atoms with Crippen LogP contribution in [0.1, 0.15) is 11.4 Å². The van der Waals surface area contributed by atoms with Crippen molar-refractivity contribution in [2.45, 2.75) is 13.8 Å². The van der Waals surface area contributed by atoms with E-state index in [1.807, 2.05) is 51.2 Å². The summed E-state index contributed by atoms with van der Waals surface area (Å²) in [7, 11) is 3.93. The quantitative estimate of drug-likeness (QED) is 0.682. The summed E-state index contributed by atoms with van der Waals surface area (Å²) in [5.41, 5.74) is 4.47. The predicted molar refractivity (Wildman–Crippen MR) is 85.0 cm³/mol. The largest absolute Gasteiger partial charge is 0.363 e. The van der Waals surface area contributed by atoms with Gasteiger partial charge in [0.2, 0.25) is 0 Å². The Bertz CT molecular complexity index is 805. The molecule has 3 aromatic heterocycles. The Kier molecular flexibility index (Phi) is 3.29. The molecule has 0 unspecified atom stereocenters. The lowest BCUT2D eigenvalue weighted by Crippen LogP contribution is -2.10. The molecular weight excluding hydrogens is 286 g/mol. The zero-order valence-corrected chi connectivity index (χ0v) is 13.2. The van der Waals surface area contributed by atoms with Gasteiger partial charge in [-0.15, -0.1) is 0 Å². The molecule has 0 bridgehead atoms. The summed E-state index contributed by atoms with van der Waals surface area (Å²) in [5.74, 6) is 0.912. The van der Waals surface area contributed by atoms with Gasteiger partial charge in [0.15, 0.2) is 5.65 Å². The number of rotatable bonds is 2. The van der Waals surface area contributed by atoms with Crippen LogP contribution in [0.15, 0.2) is 24.4 Å². The van der Waals surface area contributed by atoms with Crippen LogP contribution < -0.4 is 4.90 Å². The van der Waals surface area contributed by atoms with Crippen LogP contribution >= 0.6 is 11.6 Å². The van der Waals surface area contributed by atoms with Crippen LogP contribution in [0, 0.1) is 13.8 Å². The maximum atomic E-state index is 6.24. The monoisotopic (exact) mass is 301 g/mol. The molecule has 3 heterocycles. The fraction of sp³-hybridized carbons (Fsp3) is 0.267. The van der Waals surface area contributed by atoms with Gasteiger partial charge in [-0.1, -0.05) is 11.6 Å². The van der Waals surface area contributed by atoms with Crippen molar-refractivity contribution in [1.82, 2.24) is 19.6 Å². The molecule has 0 N–H and O–H groups in total. The van der Waals surface area contributed by atoms with Crippen molar-refractivity contribution >= 4 is 23.1 Å². The Labute approximate surface area is 128 Å². The molecule has 6 heteroatoms. The third kappa shape index (κ3) is 2.34. The van der Waals surface area contributed by atoms with Gasteiger partial charge in [0.25, 0.3) is 0 Å². The van der Waals surface area contributed by atoms with Gasteiger partial charge in [0.05, 0.1) is 11.3 Å². The molecule has 0 atom stereocenters. The van der Waals surface area contributed by atoms with Gasteiger partial charge in [0, 0.05) is 31.5 Å². The first-order valence-electron chi connectivity index (χ1n) is 6.63. The van der Waals surface area contributed by atoms with Crippen molar-refractivity contribution in [3.63, 3.8) is 0 Å². The minimum atomic E-state index is 0.560. The zero-order chi connectivity index (χ0) is 15.1. The summed E-state index contributed by atoms with van der Waals surface area (Å²) in [4.78, 5) is 11.0. The van der Waals surface area contributed by atoms with Crippen LogP contribution in [-0.2, 0) is 0 Å². The van der Waals surface area contributed by atoms with Crippen LogP contribution in [0.4, 0.5) is 5.82 Å². The van der Waals surface area contributed by atoms with E-state index in [9.17, 15) is 0 Å². The second-order valence-electron chi connectivity index (χ2n) is 5.22. The van der Waals surface area contributed by atoms with Crippen molar-refractivity contribution in [1.29, 1.82) is 0 Å². The lowest BCUT2D eigenvalue weighted by molar-refractivity contribution is 0.910. The molecule has 21 heavy (non-hydrogen) atoms. The molecule has 0 radical (unpaired) electrons. The van der Waals surface area contributed by atoms with Crippen LogP contribution in [-0.4, -0.2) is 33.7 Å². The van der Waals surface area contributed by atoms with Crippen LogP contribution in [0.25, 0.3) is 16.8 Å². The molecule has 0 aliphatic rings. The van der Waals surface area contributed by atoms with Crippen molar-refractivity contribution in [3.05, 3.63) is 40.9 Å². The molecule has 3 rings (SSSR count). The molecular formula is C15H16ClN5. The Balaban J connectivity index is 2.22. The maximum absolute atomic E-state index is 6.24. The number of hydrogen-bond donors (Lipinski definition) is 0. The number of nitrogens with zero attached hydrogens (tertiary/aromatic N) is 5. The molecule has 0 aromatic carbocycles. The topological polar surface area (TPSA) is 46.3 Å². The summed E-state index contributed by atoms with van der Waals surface area (Å²) in [6.45, 7) is 3.88. The Morgan fingerprint density at radius 1 is 1.19 bits per heavy atom. The lowest BCUT2D eigenvalue weighted by Gasteiger charge is -2.11. The van der Waals surface area contributed by atoms with Gasteiger partial charge in [0.1, 0.15) is 11.0 Å². The third-order valence-electron chi connectivity index (χ3n) is 3.34. The van der Waals surface area contributed by atoms with Gasteiger partial charge >= 0.3 is 0 Å². The molecule has 0 fully saturated rings. The van der Waals surface area contributed by atoms with E-state index in [2.05, 4.69) is 15.1 Å². The van der Waals surface area contributed by atoms with E-state index in [0.717, 1.165) is 34.0 Å². The van der Waals surface area contributed by atoms with Gasteiger partial charge < -0.3 is 4.90 Å². The van der Waals surface area contributed by atoms with E-state index in [-0.39, 0.29) is 0 Å². The molecule has 0 amide bonds. The molecule has 108 valence electrons. The summed E-state index contributed by atoms with van der Waals surface area (Å²) < 4.78 is 1.67. The summed E-state index contributed by atoms with van der Waals surface area (Å²) in [5, 5.41) is 5.03. The highest BCUT2D eigenvalue weighted by atomic mass is 35.5. The predicted octanol–water partition coefficient (Wildman–Crippen LogP) is 3.13. The van der Waals surface area contributed by atoms with Gasteiger partial charge in [-0.05, 0) is 32.0 Å². The van der Waals surface area contributed by atoms with E-state index in [1.165, 1.54) is 0 Å². The van der Waals surface area contributed by atoms with E-state index >= 15 is 0 Å². The van der Waals surface area contributed by atoms with Crippen molar-refractivity contribution < 1.29 is 0 Å². The number of hydrogen-bond acceptors (Lipinski definition) is 4. The van der Waals surface area contributed by atoms with Gasteiger partial charge in [-0.25, -0.2) is 14.5 Å². The van der Waals surface area contributed by atoms with Gasteiger partial charge in [-0.2, -0.15) is 5.10 Å². The van der Waals surface area contributed by atoms with Crippen LogP contribution in [0.3, 0.4) is 0 Å². The minimum Gasteiger partial charge on any atom is -0.363 e. The fourth-order valence-electron chi connectivity index (χ4n) is 2.34. The van der Waals surface area contributed by atoms with Crippen LogP contribution in [0.2, 0.25) is 5.15 Å². The Morgan fingerprint density at radius 3 is 2.57 bits per heavy atom. The van der Waals surface area contributed by atoms with Crippen molar-refractivity contribution in [3.8, 4) is 11.1 Å². The highest BCUT2D eigenvalue weighted by Gasteiger charge is 2.15. The van der Waals surface area contributed by atoms with Crippen molar-refractivity contribution in [2.24, 2.45) is 0 Å². The first kappa shape index (κ1) is 13.8. The molecule has 0 saturated carbocycles. The second kappa shape index (κ2) is 5.00. The summed E-state index contributed by atoms with van der Waals surface area (Å²) in [6.07, 6.45) is 1.84. The van der Waals surface area contributed by atoms with E-state index in [1.54, 1.807) is 10.6 Å². The Hall–Kier alpha value is -2.14. The number of halogens is 1. The van der Waals surface area contributed by atoms with Gasteiger partial charge in [-0.3, -0.25) is 0 Å². The average molecular weight is 302 g/mol. The molecule has 0 spiro atoms. The van der Waals surface area contributed by atoms with E-state index in [0.29, 0.717) is 5.15 Å². The number of anilines is 1. The first-order valence-corrected chi connectivity index (χ1v) is 7.01. The standard InChI is InChI=1S/C15H16ClN5/c1-9-7-12(16)21-15(18-9)14(10(2)19-21)11-5-6-13(17-8-11)20(3)4/h5-8H,1-4H3. The molecule has 0 aliphatic heterocycles. The van der Waals surface area contributed by atoms with E-state index < -0.39 is 0 Å². The molecule has 0 saturated heterocycles. The second-order valence-corrected chi connectivity index (χ2v) is 5.60. The highest BCUT2D eigenvalue weighted by molar-refractivity contribution is 6.29. The average Bonchev–Trinajstić information content (AvgIpc) is 2.75. The van der Waals surface area contributed by atoms with Crippen LogP contribution in [0.5, 0.6) is 0 Å². The number of aromatic nitrogens is 4. The van der Waals surface area contributed by atoms with E-state index in [4.69, 9.17) is 11.6 Å². The highest BCUT2D eigenvalue weighted by Crippen LogP contribution is 2.29. The smallest absolute Gasteiger partial charge is 0.165 e. The minimum absolute atomic E-state index is 0.560. The molecule has 0 aliphatic carbocycles. The number of pyridine rings is 1. The van der Waals surface area contributed by atoms with Crippen molar-refractivity contribution in [2.75, 3.05) is 19.0 Å². The summed E-state index contributed by atoms with van der Waals surface area (Å²) >= 11 is 6.24.